The molecule has 0 aliphatic heterocycles. The van der Waals surface area contributed by atoms with E-state index in [4.69, 9.17) is 9.47 Å². The molecule has 3 aromatic rings. The van der Waals surface area contributed by atoms with Crippen LogP contribution < -0.4 is 5.46 Å². The summed E-state index contributed by atoms with van der Waals surface area (Å²) in [6.45, 7) is 6.60. The Morgan fingerprint density at radius 3 is 2.16 bits per heavy atom. The normalized spacial score (nSPS) is 11.5. The predicted molar refractivity (Wildman–Crippen MR) is 144 cm³/mol. The topological polar surface area (TPSA) is 94.9 Å². The maximum absolute atomic E-state index is 13.7. The molecule has 0 N–H and O–H groups in total. The number of halogens is 1. The number of hydrogen-bond acceptors (Lipinski definition) is 6. The summed E-state index contributed by atoms with van der Waals surface area (Å²) in [6, 6.07) is 12.2. The Morgan fingerprint density at radius 1 is 0.974 bits per heavy atom. The molecule has 3 rings (SSSR count). The molecule has 8 nitrogen and oxygen atoms in total. The van der Waals surface area contributed by atoms with E-state index in [2.05, 4.69) is 0 Å². The summed E-state index contributed by atoms with van der Waals surface area (Å²) in [5.41, 5.74) is 3.58. The second-order valence-corrected chi connectivity index (χ2v) is 10.8. The number of rotatable bonds is 11. The number of benzene rings is 2. The molecule has 11 heteroatoms. The molecule has 0 fully saturated rings. The first-order chi connectivity index (χ1) is 18.0. The average Bonchev–Trinajstić information content (AvgIpc) is 3.09. The molecule has 0 aliphatic carbocycles. The smallest absolute Gasteiger partial charge is 0.339 e. The number of hydrogen-bond donors (Lipinski definition) is 0. The molecule has 202 valence electrons. The van der Waals surface area contributed by atoms with E-state index in [9.17, 15) is 22.4 Å². The predicted octanol–water partition coefficient (Wildman–Crippen LogP) is 2.48. The van der Waals surface area contributed by atoms with Gasteiger partial charge < -0.3 is 14.0 Å². The van der Waals surface area contributed by atoms with Crippen molar-refractivity contribution in [2.24, 2.45) is 0 Å². The molecule has 2 aromatic carbocycles. The molecule has 0 saturated carbocycles. The Hall–Kier alpha value is -3.44. The molecule has 0 unspecified atom stereocenters. The van der Waals surface area contributed by atoms with E-state index < -0.39 is 28.5 Å². The molecular weight excluding hydrogens is 510 g/mol. The minimum absolute atomic E-state index is 0.00941. The van der Waals surface area contributed by atoms with E-state index in [-0.39, 0.29) is 42.6 Å². The number of esters is 2. The first kappa shape index (κ1) is 29.1. The van der Waals surface area contributed by atoms with Crippen molar-refractivity contribution in [1.82, 2.24) is 8.87 Å². The van der Waals surface area contributed by atoms with Gasteiger partial charge in [-0.05, 0) is 57.5 Å². The Kier molecular flexibility index (Phi) is 9.51. The third-order valence-electron chi connectivity index (χ3n) is 6.27. The maximum Gasteiger partial charge on any atom is 0.339 e. The number of aromatic nitrogens is 1. The van der Waals surface area contributed by atoms with Gasteiger partial charge in [-0.1, -0.05) is 35.3 Å². The second kappa shape index (κ2) is 12.4. The van der Waals surface area contributed by atoms with Crippen LogP contribution in [0.5, 0.6) is 0 Å². The molecule has 1 aromatic heterocycles. The Morgan fingerprint density at radius 2 is 1.58 bits per heavy atom. The van der Waals surface area contributed by atoms with Crippen molar-refractivity contribution in [3.63, 3.8) is 0 Å². The highest BCUT2D eigenvalue weighted by Gasteiger charge is 2.32. The zero-order valence-electron chi connectivity index (χ0n) is 22.3. The number of aryl methyl sites for hydroxylation is 1. The molecule has 38 heavy (non-hydrogen) atoms. The average molecular weight is 542 g/mol. The van der Waals surface area contributed by atoms with Gasteiger partial charge in [0.1, 0.15) is 20.2 Å². The van der Waals surface area contributed by atoms with Crippen molar-refractivity contribution < 1.29 is 31.9 Å². The molecule has 0 radical (unpaired) electrons. The van der Waals surface area contributed by atoms with E-state index in [1.807, 2.05) is 13.8 Å². The molecule has 0 aliphatic rings. The Labute approximate surface area is 223 Å². The highest BCUT2D eigenvalue weighted by molar-refractivity contribution is 7.89. The summed E-state index contributed by atoms with van der Waals surface area (Å²) in [5.74, 6) is -1.69. The summed E-state index contributed by atoms with van der Waals surface area (Å²) in [5, 5.41) is 0. The van der Waals surface area contributed by atoms with Gasteiger partial charge in [-0.15, -0.1) is 0 Å². The van der Waals surface area contributed by atoms with Gasteiger partial charge in [0, 0.05) is 17.9 Å². The van der Waals surface area contributed by atoms with Crippen LogP contribution in [0.25, 0.3) is 0 Å². The van der Waals surface area contributed by atoms with Gasteiger partial charge in [0.05, 0.1) is 30.2 Å². The van der Waals surface area contributed by atoms with E-state index in [0.717, 1.165) is 21.1 Å². The number of ether oxygens (including phenoxy) is 2. The van der Waals surface area contributed by atoms with Crippen LogP contribution >= 0.6 is 0 Å². The van der Waals surface area contributed by atoms with E-state index in [1.54, 1.807) is 50.5 Å². The van der Waals surface area contributed by atoms with E-state index in [1.165, 1.54) is 24.3 Å². The van der Waals surface area contributed by atoms with Crippen LogP contribution in [-0.4, -0.2) is 56.8 Å². The summed E-state index contributed by atoms with van der Waals surface area (Å²) in [4.78, 5) is 25.6. The van der Waals surface area contributed by atoms with Crippen molar-refractivity contribution in [2.75, 3.05) is 19.8 Å². The largest absolute Gasteiger partial charge is 0.465 e. The molecule has 0 bridgehead atoms. The number of carbonyl (C=O) groups excluding carboxylic acids is 2. The minimum Gasteiger partial charge on any atom is -0.465 e. The summed E-state index contributed by atoms with van der Waals surface area (Å²) < 4.78 is 54.2. The van der Waals surface area contributed by atoms with Crippen molar-refractivity contribution in [2.45, 2.75) is 45.7 Å². The van der Waals surface area contributed by atoms with E-state index in [0.29, 0.717) is 11.2 Å². The first-order valence-electron chi connectivity index (χ1n) is 12.3. The van der Waals surface area contributed by atoms with Crippen LogP contribution in [-0.2, 0) is 37.4 Å². The van der Waals surface area contributed by atoms with Gasteiger partial charge in [-0.2, -0.15) is 4.31 Å². The summed E-state index contributed by atoms with van der Waals surface area (Å²) >= 11 is 0. The van der Waals surface area contributed by atoms with Gasteiger partial charge in [-0.3, -0.25) is 4.79 Å². The molecule has 0 amide bonds. The fourth-order valence-corrected chi connectivity index (χ4v) is 5.51. The van der Waals surface area contributed by atoms with Crippen LogP contribution in [0.1, 0.15) is 46.7 Å². The van der Waals surface area contributed by atoms with Gasteiger partial charge in [0.25, 0.3) is 0 Å². The number of carbonyl (C=O) groups is 2. The zero-order chi connectivity index (χ0) is 28.0. The van der Waals surface area contributed by atoms with Gasteiger partial charge in [0.2, 0.25) is 10.0 Å². The zero-order valence-corrected chi connectivity index (χ0v) is 23.1. The second-order valence-electron chi connectivity index (χ2n) is 8.86. The lowest BCUT2D eigenvalue weighted by Crippen LogP contribution is -2.37. The number of sulfonamides is 1. The fourth-order valence-electron chi connectivity index (χ4n) is 4.16. The fraction of sp³-hybridized carbons (Fsp3) is 0.333. The van der Waals surface area contributed by atoms with Crippen LogP contribution in [0.15, 0.2) is 53.4 Å². The molecule has 0 spiro atoms. The van der Waals surface area contributed by atoms with Crippen molar-refractivity contribution in [3.8, 4) is 0 Å². The SMILES string of the molecule is Bc1c(C(=O)OCC)c(CN(CC(=O)OCC)S(=O)(=O)c2ccc(C)cc2)n(Cc2ccc(F)cc2)c1C. The van der Waals surface area contributed by atoms with Crippen molar-refractivity contribution in [3.05, 3.63) is 82.4 Å². The summed E-state index contributed by atoms with van der Waals surface area (Å²) in [6.07, 6.45) is 0. The molecule has 0 atom stereocenters. The molecular formula is C27H32BFN2O6S. The highest BCUT2D eigenvalue weighted by atomic mass is 32.2. The molecule has 1 heterocycles. The van der Waals surface area contributed by atoms with Crippen LogP contribution in [0.2, 0.25) is 0 Å². The van der Waals surface area contributed by atoms with Crippen molar-refractivity contribution in [1.29, 1.82) is 0 Å². The van der Waals surface area contributed by atoms with Gasteiger partial charge in [0.15, 0.2) is 0 Å². The first-order valence-corrected chi connectivity index (χ1v) is 13.8. The van der Waals surface area contributed by atoms with Crippen molar-refractivity contribution >= 4 is 35.3 Å². The Balaban J connectivity index is 2.17. The maximum atomic E-state index is 13.7. The Bertz CT molecular complexity index is 1400. The number of nitrogens with zero attached hydrogens (tertiary/aromatic N) is 2. The highest BCUT2D eigenvalue weighted by Crippen LogP contribution is 2.24. The lowest BCUT2D eigenvalue weighted by atomic mass is 9.91. The lowest BCUT2D eigenvalue weighted by molar-refractivity contribution is -0.143. The van der Waals surface area contributed by atoms with Crippen LogP contribution in [0.3, 0.4) is 0 Å². The third-order valence-corrected chi connectivity index (χ3v) is 8.07. The van der Waals surface area contributed by atoms with Crippen LogP contribution in [0.4, 0.5) is 4.39 Å². The minimum atomic E-state index is -4.17. The monoisotopic (exact) mass is 542 g/mol. The van der Waals surface area contributed by atoms with Crippen LogP contribution in [0, 0.1) is 19.7 Å². The standard InChI is InChI=1S/C27H32BFN2O6S/c1-5-36-24(32)17-30(38(34,35)22-13-7-18(3)8-14-22)16-23-25(27(33)37-6-2)26(28)19(4)31(23)15-20-9-11-21(29)12-10-20/h7-14H,5-6,15-17,28H2,1-4H3. The van der Waals surface area contributed by atoms with Gasteiger partial charge >= 0.3 is 11.9 Å². The molecule has 0 saturated heterocycles. The van der Waals surface area contributed by atoms with E-state index >= 15 is 0 Å². The van der Waals surface area contributed by atoms with Gasteiger partial charge in [-0.25, -0.2) is 17.6 Å². The summed E-state index contributed by atoms with van der Waals surface area (Å²) in [7, 11) is -2.41. The quantitative estimate of drug-likeness (QED) is 0.273. The third kappa shape index (κ3) is 6.52. The lowest BCUT2D eigenvalue weighted by Gasteiger charge is -2.23.